The van der Waals surface area contributed by atoms with Gasteiger partial charge in [0.05, 0.1) is 18.7 Å². The molecule has 0 saturated heterocycles. The van der Waals surface area contributed by atoms with Gasteiger partial charge in [-0.25, -0.2) is 5.43 Å². The minimum atomic E-state index is -0.850. The second-order valence-electron chi connectivity index (χ2n) is 4.65. The van der Waals surface area contributed by atoms with Crippen molar-refractivity contribution in [2.24, 2.45) is 5.10 Å². The van der Waals surface area contributed by atoms with Crippen LogP contribution < -0.4 is 10.7 Å². The van der Waals surface area contributed by atoms with E-state index in [1.807, 2.05) is 24.4 Å². The molecule has 7 heteroatoms. The Kier molecular flexibility index (Phi) is 5.61. The van der Waals surface area contributed by atoms with Gasteiger partial charge >= 0.3 is 11.8 Å². The molecule has 0 aliphatic carbocycles. The maximum Gasteiger partial charge on any atom is 0.329 e. The number of thiophene rings is 1. The molecular weight excluding hydrogens is 312 g/mol. The Labute approximate surface area is 137 Å². The first-order valence-electron chi connectivity index (χ1n) is 6.74. The molecule has 2 aromatic rings. The first kappa shape index (κ1) is 16.4. The van der Waals surface area contributed by atoms with E-state index >= 15 is 0 Å². The van der Waals surface area contributed by atoms with Gasteiger partial charge in [-0.15, -0.1) is 11.3 Å². The van der Waals surface area contributed by atoms with Gasteiger partial charge in [0.2, 0.25) is 0 Å². The van der Waals surface area contributed by atoms with Gasteiger partial charge < -0.3 is 5.32 Å². The average Bonchev–Trinajstić information content (AvgIpc) is 2.94. The molecule has 0 spiro atoms. The fourth-order valence-corrected chi connectivity index (χ4v) is 2.49. The molecule has 0 aliphatic rings. The molecule has 1 heterocycles. The van der Waals surface area contributed by atoms with Crippen LogP contribution in [0.15, 0.2) is 40.8 Å². The van der Waals surface area contributed by atoms with E-state index in [0.717, 1.165) is 16.0 Å². The molecule has 0 bridgehead atoms. The number of benzene rings is 1. The molecule has 1 aromatic carbocycles. The molecule has 0 unspecified atom stereocenters. The highest BCUT2D eigenvalue weighted by molar-refractivity contribution is 7.11. The molecule has 23 heavy (non-hydrogen) atoms. The van der Waals surface area contributed by atoms with E-state index < -0.39 is 11.8 Å². The van der Waals surface area contributed by atoms with Crippen LogP contribution in [0, 0.1) is 18.3 Å². The quantitative estimate of drug-likeness (QED) is 0.512. The minimum Gasteiger partial charge on any atom is -0.318 e. The smallest absolute Gasteiger partial charge is 0.318 e. The number of aryl methyl sites for hydroxylation is 1. The van der Waals surface area contributed by atoms with Crippen molar-refractivity contribution in [3.8, 4) is 6.07 Å². The third-order valence-electron chi connectivity index (χ3n) is 2.95. The van der Waals surface area contributed by atoms with E-state index in [9.17, 15) is 9.59 Å². The van der Waals surface area contributed by atoms with Crippen molar-refractivity contribution in [3.05, 3.63) is 51.7 Å². The van der Waals surface area contributed by atoms with Crippen LogP contribution in [0.25, 0.3) is 0 Å². The van der Waals surface area contributed by atoms with Crippen molar-refractivity contribution in [1.29, 1.82) is 5.26 Å². The Hall–Kier alpha value is -2.98. The molecule has 0 radical (unpaired) electrons. The maximum absolute atomic E-state index is 11.7. The summed E-state index contributed by atoms with van der Waals surface area (Å²) < 4.78 is 0. The Morgan fingerprint density at radius 3 is 2.61 bits per heavy atom. The largest absolute Gasteiger partial charge is 0.329 e. The van der Waals surface area contributed by atoms with E-state index in [1.54, 1.807) is 24.3 Å². The third-order valence-corrected chi connectivity index (χ3v) is 3.90. The molecular formula is C16H14N4O2S. The normalized spacial score (nSPS) is 10.3. The molecule has 1 aromatic heterocycles. The van der Waals surface area contributed by atoms with Crippen LogP contribution >= 0.6 is 11.3 Å². The van der Waals surface area contributed by atoms with E-state index in [0.29, 0.717) is 12.1 Å². The number of hydrazone groups is 1. The zero-order valence-corrected chi connectivity index (χ0v) is 13.2. The summed E-state index contributed by atoms with van der Waals surface area (Å²) in [7, 11) is 0. The summed E-state index contributed by atoms with van der Waals surface area (Å²) in [6, 6.07) is 10.7. The summed E-state index contributed by atoms with van der Waals surface area (Å²) in [5.41, 5.74) is 4.55. The predicted octanol–water partition coefficient (Wildman–Crippen LogP) is 2.21. The number of nitrogens with zero attached hydrogens (tertiary/aromatic N) is 2. The van der Waals surface area contributed by atoms with Gasteiger partial charge in [-0.3, -0.25) is 9.59 Å². The number of hydrogen-bond donors (Lipinski definition) is 2. The summed E-state index contributed by atoms with van der Waals surface area (Å²) in [5.74, 6) is -1.66. The van der Waals surface area contributed by atoms with Gasteiger partial charge in [-0.05, 0) is 41.6 Å². The van der Waals surface area contributed by atoms with E-state index in [4.69, 9.17) is 5.26 Å². The number of hydrogen-bond acceptors (Lipinski definition) is 5. The second-order valence-corrected chi connectivity index (χ2v) is 5.60. The lowest BCUT2D eigenvalue weighted by molar-refractivity contribution is -0.136. The van der Waals surface area contributed by atoms with Gasteiger partial charge in [0, 0.05) is 10.6 Å². The highest BCUT2D eigenvalue weighted by Gasteiger charge is 2.12. The molecule has 2 amide bonds. The number of carbonyl (C=O) groups is 2. The SMILES string of the molecule is Cc1ccsc1C=NNC(=O)C(=O)Nc1ccc(CC#N)cc1. The number of amides is 2. The van der Waals surface area contributed by atoms with Crippen molar-refractivity contribution < 1.29 is 9.59 Å². The number of carbonyl (C=O) groups excluding carboxylic acids is 2. The molecule has 2 N–H and O–H groups in total. The Bertz CT molecular complexity index is 772. The summed E-state index contributed by atoms with van der Waals surface area (Å²) in [6.45, 7) is 1.93. The fourth-order valence-electron chi connectivity index (χ4n) is 1.70. The monoisotopic (exact) mass is 326 g/mol. The van der Waals surface area contributed by atoms with Crippen LogP contribution in [0.5, 0.6) is 0 Å². The molecule has 0 atom stereocenters. The maximum atomic E-state index is 11.7. The van der Waals surface area contributed by atoms with Gasteiger partial charge in [-0.2, -0.15) is 10.4 Å². The number of anilines is 1. The molecule has 116 valence electrons. The topological polar surface area (TPSA) is 94.3 Å². The van der Waals surface area contributed by atoms with Crippen LogP contribution in [0.2, 0.25) is 0 Å². The van der Waals surface area contributed by atoms with Crippen LogP contribution in [0.1, 0.15) is 16.0 Å². The lowest BCUT2D eigenvalue weighted by atomic mass is 10.1. The Balaban J connectivity index is 1.87. The first-order valence-corrected chi connectivity index (χ1v) is 7.62. The highest BCUT2D eigenvalue weighted by Crippen LogP contribution is 2.12. The van der Waals surface area contributed by atoms with E-state index in [-0.39, 0.29) is 0 Å². The van der Waals surface area contributed by atoms with Crippen LogP contribution in [0.4, 0.5) is 5.69 Å². The molecule has 2 rings (SSSR count). The van der Waals surface area contributed by atoms with Gasteiger partial charge in [-0.1, -0.05) is 12.1 Å². The summed E-state index contributed by atoms with van der Waals surface area (Å²) in [6.07, 6.45) is 1.80. The molecule has 0 fully saturated rings. The summed E-state index contributed by atoms with van der Waals surface area (Å²) >= 11 is 1.49. The van der Waals surface area contributed by atoms with E-state index in [2.05, 4.69) is 15.8 Å². The van der Waals surface area contributed by atoms with Crippen molar-refractivity contribution in [1.82, 2.24) is 5.43 Å². The van der Waals surface area contributed by atoms with Crippen LogP contribution in [-0.4, -0.2) is 18.0 Å². The van der Waals surface area contributed by atoms with Gasteiger partial charge in [0.25, 0.3) is 0 Å². The minimum absolute atomic E-state index is 0.297. The van der Waals surface area contributed by atoms with Gasteiger partial charge in [0.15, 0.2) is 0 Å². The van der Waals surface area contributed by atoms with Crippen LogP contribution in [-0.2, 0) is 16.0 Å². The fraction of sp³-hybridized carbons (Fsp3) is 0.125. The first-order chi connectivity index (χ1) is 11.1. The molecule has 0 saturated carbocycles. The van der Waals surface area contributed by atoms with Gasteiger partial charge in [0.1, 0.15) is 0 Å². The number of rotatable bonds is 4. The van der Waals surface area contributed by atoms with Crippen molar-refractivity contribution in [2.75, 3.05) is 5.32 Å². The lowest BCUT2D eigenvalue weighted by Crippen LogP contribution is -2.32. The van der Waals surface area contributed by atoms with Crippen molar-refractivity contribution in [2.45, 2.75) is 13.3 Å². The average molecular weight is 326 g/mol. The van der Waals surface area contributed by atoms with Crippen molar-refractivity contribution in [3.63, 3.8) is 0 Å². The van der Waals surface area contributed by atoms with Crippen LogP contribution in [0.3, 0.4) is 0 Å². The van der Waals surface area contributed by atoms with E-state index in [1.165, 1.54) is 17.6 Å². The molecule has 6 nitrogen and oxygen atoms in total. The Morgan fingerprint density at radius 1 is 1.26 bits per heavy atom. The number of nitrogens with one attached hydrogen (secondary N) is 2. The zero-order valence-electron chi connectivity index (χ0n) is 12.4. The molecule has 0 aliphatic heterocycles. The zero-order chi connectivity index (χ0) is 16.7. The second kappa shape index (κ2) is 7.87. The Morgan fingerprint density at radius 2 is 2.00 bits per heavy atom. The standard InChI is InChI=1S/C16H14N4O2S/c1-11-7-9-23-14(11)10-18-20-16(22)15(21)19-13-4-2-12(3-5-13)6-8-17/h2-5,7,9-10H,6H2,1H3,(H,19,21)(H,20,22). The summed E-state index contributed by atoms with van der Waals surface area (Å²) in [4.78, 5) is 24.3. The third kappa shape index (κ3) is 4.76. The predicted molar refractivity (Wildman–Crippen MR) is 89.2 cm³/mol. The highest BCUT2D eigenvalue weighted by atomic mass is 32.1. The number of nitriles is 1. The lowest BCUT2D eigenvalue weighted by Gasteiger charge is -2.04. The summed E-state index contributed by atoms with van der Waals surface area (Å²) in [5, 5.41) is 16.7. The van der Waals surface area contributed by atoms with Crippen molar-refractivity contribution >= 4 is 35.1 Å².